The number of fused-ring (bicyclic) bond motifs is 2. The molecule has 0 aromatic heterocycles. The molecule has 0 spiro atoms. The van der Waals surface area contributed by atoms with E-state index < -0.39 is 0 Å². The lowest BCUT2D eigenvalue weighted by Gasteiger charge is -2.36. The minimum absolute atomic E-state index is 0.0544. The number of rotatable bonds is 2. The van der Waals surface area contributed by atoms with Crippen LogP contribution in [-0.2, 0) is 4.79 Å². The number of carbonyl (C=O) groups excluding carboxylic acids is 1. The Morgan fingerprint density at radius 1 is 1.46 bits per heavy atom. The maximum Gasteiger partial charge on any atom is 0.140 e. The Kier molecular flexibility index (Phi) is 2.39. The molecule has 3 atom stereocenters. The molecule has 0 radical (unpaired) electrons. The number of halogens is 2. The normalized spacial score (nSPS) is 48.8. The van der Waals surface area contributed by atoms with Gasteiger partial charge in [0.1, 0.15) is 5.78 Å². The lowest BCUT2D eigenvalue weighted by Crippen LogP contribution is -2.40. The summed E-state index contributed by atoms with van der Waals surface area (Å²) in [5, 5.41) is 1.80. The number of hydrogen-bond donors (Lipinski definition) is 0. The molecule has 0 aliphatic heterocycles. The molecule has 3 heteroatoms. The van der Waals surface area contributed by atoms with Gasteiger partial charge in [-0.15, -0.1) is 0 Å². The monoisotopic (exact) mass is 308 g/mol. The largest absolute Gasteiger partial charge is 0.299 e. The molecular formula is C10H14Br2O. The number of hydrogen-bond acceptors (Lipinski definition) is 1. The molecule has 0 saturated heterocycles. The summed E-state index contributed by atoms with van der Waals surface area (Å²) in [6, 6.07) is 0. The fraction of sp³-hybridized carbons (Fsp3) is 0.900. The van der Waals surface area contributed by atoms with Crippen LogP contribution in [0.25, 0.3) is 0 Å². The van der Waals surface area contributed by atoms with Crippen molar-refractivity contribution in [2.75, 3.05) is 10.7 Å². The lowest BCUT2D eigenvalue weighted by molar-refractivity contribution is -0.127. The number of carbonyl (C=O) groups is 1. The van der Waals surface area contributed by atoms with E-state index in [9.17, 15) is 4.79 Å². The predicted octanol–water partition coefficient (Wildman–Crippen LogP) is 3.15. The van der Waals surface area contributed by atoms with Gasteiger partial charge in [0.05, 0.1) is 0 Å². The quantitative estimate of drug-likeness (QED) is 0.716. The van der Waals surface area contributed by atoms with Gasteiger partial charge in [0.25, 0.3) is 0 Å². The molecule has 0 aromatic rings. The molecule has 13 heavy (non-hydrogen) atoms. The van der Waals surface area contributed by atoms with E-state index in [1.165, 1.54) is 6.42 Å². The third-order valence-corrected chi connectivity index (χ3v) is 6.51. The molecule has 0 aromatic carbocycles. The van der Waals surface area contributed by atoms with Crippen LogP contribution < -0.4 is 0 Å². The van der Waals surface area contributed by atoms with E-state index in [2.05, 4.69) is 38.8 Å². The molecule has 2 aliphatic carbocycles. The van der Waals surface area contributed by atoms with Crippen molar-refractivity contribution in [2.45, 2.75) is 26.2 Å². The van der Waals surface area contributed by atoms with Gasteiger partial charge < -0.3 is 0 Å². The minimum atomic E-state index is -0.0544. The fourth-order valence-electron chi connectivity index (χ4n) is 3.15. The Balaban J connectivity index is 2.45. The average Bonchev–Trinajstić information content (AvgIpc) is 2.53. The molecule has 2 bridgehead atoms. The van der Waals surface area contributed by atoms with E-state index >= 15 is 0 Å². The van der Waals surface area contributed by atoms with Gasteiger partial charge in [0, 0.05) is 22.5 Å². The first-order valence-electron chi connectivity index (χ1n) is 4.76. The molecule has 0 heterocycles. The summed E-state index contributed by atoms with van der Waals surface area (Å²) in [6.07, 6.45) is 3.14. The summed E-state index contributed by atoms with van der Waals surface area (Å²) in [6.45, 7) is 2.27. The van der Waals surface area contributed by atoms with Crippen molar-refractivity contribution >= 4 is 37.6 Å². The van der Waals surface area contributed by atoms with E-state index in [0.29, 0.717) is 11.7 Å². The van der Waals surface area contributed by atoms with Gasteiger partial charge in [-0.2, -0.15) is 0 Å². The van der Waals surface area contributed by atoms with Gasteiger partial charge in [-0.25, -0.2) is 0 Å². The number of Topliss-reactive ketones (excluding diaryl/α,β-unsaturated/α-hetero) is 1. The zero-order chi connectivity index (χ0) is 9.69. The Bertz CT molecular complexity index is 253. The highest BCUT2D eigenvalue weighted by Gasteiger charge is 2.65. The summed E-state index contributed by atoms with van der Waals surface area (Å²) in [4.78, 5) is 11.9. The molecule has 0 N–H and O–H groups in total. The lowest BCUT2D eigenvalue weighted by atomic mass is 9.70. The molecule has 74 valence electrons. The van der Waals surface area contributed by atoms with Crippen LogP contribution in [-0.4, -0.2) is 16.4 Å². The standard InChI is InChI=1S/C10H14Br2O/c1-9(5-11)7-2-3-10(9,6-12)8(13)4-7/h7H,2-6H2,1H3/t7-,9-,10-/m0/s1. The highest BCUT2D eigenvalue weighted by atomic mass is 79.9. The van der Waals surface area contributed by atoms with Crippen molar-refractivity contribution in [3.8, 4) is 0 Å². The maximum atomic E-state index is 11.9. The van der Waals surface area contributed by atoms with Crippen molar-refractivity contribution in [2.24, 2.45) is 16.7 Å². The Labute approximate surface area is 95.9 Å². The van der Waals surface area contributed by atoms with E-state index in [4.69, 9.17) is 0 Å². The number of ketones is 1. The smallest absolute Gasteiger partial charge is 0.140 e. The molecule has 2 fully saturated rings. The van der Waals surface area contributed by atoms with Crippen LogP contribution in [0.5, 0.6) is 0 Å². The van der Waals surface area contributed by atoms with Gasteiger partial charge in [-0.05, 0) is 24.2 Å². The summed E-state index contributed by atoms with van der Waals surface area (Å²) >= 11 is 7.12. The first-order valence-corrected chi connectivity index (χ1v) is 7.00. The summed E-state index contributed by atoms with van der Waals surface area (Å²) in [5.41, 5.74) is 0.148. The van der Waals surface area contributed by atoms with Crippen molar-refractivity contribution < 1.29 is 4.79 Å². The first kappa shape index (κ1) is 10.2. The van der Waals surface area contributed by atoms with Crippen LogP contribution in [0.4, 0.5) is 0 Å². The van der Waals surface area contributed by atoms with Crippen LogP contribution in [0.3, 0.4) is 0 Å². The van der Waals surface area contributed by atoms with E-state index in [1.807, 2.05) is 0 Å². The van der Waals surface area contributed by atoms with Crippen LogP contribution in [0.2, 0.25) is 0 Å². The second-order valence-corrected chi connectivity index (χ2v) is 5.75. The molecular weight excluding hydrogens is 296 g/mol. The average molecular weight is 310 g/mol. The summed E-state index contributed by atoms with van der Waals surface area (Å²) in [7, 11) is 0. The van der Waals surface area contributed by atoms with Crippen molar-refractivity contribution in [1.29, 1.82) is 0 Å². The Morgan fingerprint density at radius 2 is 2.15 bits per heavy atom. The van der Waals surface area contributed by atoms with E-state index in [-0.39, 0.29) is 10.8 Å². The topological polar surface area (TPSA) is 17.1 Å². The van der Waals surface area contributed by atoms with Crippen LogP contribution in [0.1, 0.15) is 26.2 Å². The Hall–Kier alpha value is 0.630. The predicted molar refractivity (Wildman–Crippen MR) is 60.5 cm³/mol. The van der Waals surface area contributed by atoms with Crippen molar-refractivity contribution in [3.05, 3.63) is 0 Å². The van der Waals surface area contributed by atoms with Gasteiger partial charge >= 0.3 is 0 Å². The van der Waals surface area contributed by atoms with E-state index in [0.717, 1.165) is 23.5 Å². The minimum Gasteiger partial charge on any atom is -0.299 e. The SMILES string of the molecule is C[C@]1(CBr)[C@H]2CC[C@]1(CBr)C(=O)C2. The van der Waals surface area contributed by atoms with Crippen molar-refractivity contribution in [1.82, 2.24) is 0 Å². The second-order valence-electron chi connectivity index (χ2n) is 4.63. The van der Waals surface area contributed by atoms with Gasteiger partial charge in [-0.3, -0.25) is 4.79 Å². The maximum absolute atomic E-state index is 11.9. The van der Waals surface area contributed by atoms with E-state index in [1.54, 1.807) is 0 Å². The van der Waals surface area contributed by atoms with Crippen LogP contribution in [0, 0.1) is 16.7 Å². The zero-order valence-corrected chi connectivity index (χ0v) is 10.9. The van der Waals surface area contributed by atoms with Crippen molar-refractivity contribution in [3.63, 3.8) is 0 Å². The zero-order valence-electron chi connectivity index (χ0n) is 7.78. The fourth-order valence-corrected chi connectivity index (χ4v) is 5.38. The molecule has 2 aliphatic rings. The summed E-state index contributed by atoms with van der Waals surface area (Å²) in [5.74, 6) is 1.11. The third kappa shape index (κ3) is 1.01. The summed E-state index contributed by atoms with van der Waals surface area (Å²) < 4.78 is 0. The molecule has 2 saturated carbocycles. The molecule has 0 unspecified atom stereocenters. The molecule has 0 amide bonds. The van der Waals surface area contributed by atoms with Gasteiger partial charge in [0.2, 0.25) is 0 Å². The van der Waals surface area contributed by atoms with Gasteiger partial charge in [0.15, 0.2) is 0 Å². The first-order chi connectivity index (χ1) is 6.10. The van der Waals surface area contributed by atoms with Crippen LogP contribution in [0.15, 0.2) is 0 Å². The van der Waals surface area contributed by atoms with Gasteiger partial charge in [-0.1, -0.05) is 38.8 Å². The third-order valence-electron chi connectivity index (χ3n) is 4.39. The molecule has 1 nitrogen and oxygen atoms in total. The Morgan fingerprint density at radius 3 is 2.54 bits per heavy atom. The highest BCUT2D eigenvalue weighted by molar-refractivity contribution is 9.09. The molecule has 2 rings (SSSR count). The second kappa shape index (κ2) is 3.06. The highest BCUT2D eigenvalue weighted by Crippen LogP contribution is 2.65. The van der Waals surface area contributed by atoms with Crippen LogP contribution >= 0.6 is 31.9 Å². The number of alkyl halides is 2.